The molecular formula is C13H16NO2PS2. The molecule has 1 atom stereocenters. The lowest BCUT2D eigenvalue weighted by molar-refractivity contribution is 0.610. The van der Waals surface area contributed by atoms with Crippen LogP contribution in [0.4, 0.5) is 0 Å². The fourth-order valence-corrected chi connectivity index (χ4v) is 4.02. The minimum absolute atomic E-state index is 0.319. The van der Waals surface area contributed by atoms with E-state index in [9.17, 15) is 8.42 Å². The molecule has 0 aliphatic carbocycles. The monoisotopic (exact) mass is 313 g/mol. The maximum absolute atomic E-state index is 11.6. The molecule has 1 aromatic heterocycles. The van der Waals surface area contributed by atoms with Crippen LogP contribution in [0.5, 0.6) is 0 Å². The van der Waals surface area contributed by atoms with Gasteiger partial charge in [-0.1, -0.05) is 19.1 Å². The Bertz CT molecular complexity index is 692. The number of aryl methyl sites for hydroxylation is 2. The van der Waals surface area contributed by atoms with Crippen LogP contribution in [0.3, 0.4) is 0 Å². The molecule has 1 heterocycles. The molecule has 0 N–H and O–H groups in total. The number of hydrogen-bond donors (Lipinski definition) is 0. The third kappa shape index (κ3) is 3.41. The summed E-state index contributed by atoms with van der Waals surface area (Å²) in [5.74, 6) is 0. The first-order chi connectivity index (χ1) is 8.91. The van der Waals surface area contributed by atoms with Gasteiger partial charge in [0.15, 0.2) is 9.46 Å². The van der Waals surface area contributed by atoms with Crippen molar-refractivity contribution in [2.45, 2.75) is 31.6 Å². The Hall–Kier alpha value is -0.770. The second-order valence-electron chi connectivity index (χ2n) is 4.34. The van der Waals surface area contributed by atoms with Crippen LogP contribution in [-0.4, -0.2) is 13.4 Å². The first-order valence-corrected chi connectivity index (χ1v) is 9.79. The first-order valence-electron chi connectivity index (χ1n) is 6.01. The Labute approximate surface area is 120 Å². The highest BCUT2D eigenvalue weighted by Gasteiger charge is 2.12. The van der Waals surface area contributed by atoms with Crippen LogP contribution in [0.2, 0.25) is 0 Å². The van der Waals surface area contributed by atoms with Gasteiger partial charge in [-0.15, -0.1) is 11.3 Å². The van der Waals surface area contributed by atoms with Gasteiger partial charge >= 0.3 is 0 Å². The van der Waals surface area contributed by atoms with Crippen LogP contribution in [-0.2, 0) is 15.9 Å². The SMILES string of the molecule is CCCc1nc(C)c(-c2cccc(S(=O)(=O)P)c2)s1. The van der Waals surface area contributed by atoms with Crippen molar-refractivity contribution in [1.29, 1.82) is 0 Å². The second kappa shape index (κ2) is 5.70. The smallest absolute Gasteiger partial charge is 0.189 e. The molecule has 0 saturated heterocycles. The lowest BCUT2D eigenvalue weighted by Gasteiger charge is -2.02. The fourth-order valence-electron chi connectivity index (χ4n) is 1.86. The Balaban J connectivity index is 2.47. The number of rotatable bonds is 4. The van der Waals surface area contributed by atoms with Crippen LogP contribution < -0.4 is 0 Å². The Morgan fingerprint density at radius 3 is 2.74 bits per heavy atom. The molecule has 19 heavy (non-hydrogen) atoms. The standard InChI is InChI=1S/C13H16NO2PS2/c1-3-5-12-14-9(2)13(18-12)10-6-4-7-11(8-10)19(15,16)17/h4,6-8H,3,5,17H2,1-2H3. The molecule has 1 unspecified atom stereocenters. The summed E-state index contributed by atoms with van der Waals surface area (Å²) in [7, 11) is -1.36. The maximum atomic E-state index is 11.6. The van der Waals surface area contributed by atoms with Gasteiger partial charge in [0.05, 0.1) is 20.5 Å². The number of aromatic nitrogens is 1. The maximum Gasteiger partial charge on any atom is 0.189 e. The minimum atomic E-state index is -3.25. The van der Waals surface area contributed by atoms with E-state index in [1.54, 1.807) is 29.5 Å². The van der Waals surface area contributed by atoms with E-state index in [1.807, 2.05) is 21.4 Å². The quantitative estimate of drug-likeness (QED) is 0.810. The van der Waals surface area contributed by atoms with Crippen LogP contribution >= 0.6 is 19.8 Å². The molecule has 2 aromatic rings. The summed E-state index contributed by atoms with van der Waals surface area (Å²) in [4.78, 5) is 5.91. The topological polar surface area (TPSA) is 47.0 Å². The molecule has 0 radical (unpaired) electrons. The molecule has 6 heteroatoms. The lowest BCUT2D eigenvalue weighted by Crippen LogP contribution is -1.89. The molecule has 3 nitrogen and oxygen atoms in total. The fraction of sp³-hybridized carbons (Fsp3) is 0.308. The van der Waals surface area contributed by atoms with Gasteiger partial charge in [0, 0.05) is 0 Å². The van der Waals surface area contributed by atoms with Crippen molar-refractivity contribution in [3.05, 3.63) is 35.0 Å². The van der Waals surface area contributed by atoms with E-state index in [-0.39, 0.29) is 0 Å². The average molecular weight is 313 g/mol. The molecule has 0 amide bonds. The predicted molar refractivity (Wildman–Crippen MR) is 83.2 cm³/mol. The third-order valence-corrected chi connectivity index (χ3v) is 5.72. The molecule has 0 aliphatic rings. The summed E-state index contributed by atoms with van der Waals surface area (Å²) in [6.07, 6.45) is 2.03. The van der Waals surface area contributed by atoms with E-state index >= 15 is 0 Å². The summed E-state index contributed by atoms with van der Waals surface area (Å²) in [5, 5.41) is 1.11. The van der Waals surface area contributed by atoms with Gasteiger partial charge in [0.2, 0.25) is 0 Å². The molecule has 102 valence electrons. The molecule has 0 bridgehead atoms. The zero-order chi connectivity index (χ0) is 14.0. The van der Waals surface area contributed by atoms with Gasteiger partial charge in [0.25, 0.3) is 0 Å². The largest absolute Gasteiger partial charge is 0.246 e. The minimum Gasteiger partial charge on any atom is -0.246 e. The van der Waals surface area contributed by atoms with Crippen molar-refractivity contribution in [2.24, 2.45) is 0 Å². The summed E-state index contributed by atoms with van der Waals surface area (Å²) in [6.45, 7) is 4.09. The van der Waals surface area contributed by atoms with Crippen molar-refractivity contribution in [3.8, 4) is 10.4 Å². The van der Waals surface area contributed by atoms with Crippen LogP contribution in [0.15, 0.2) is 29.2 Å². The molecule has 0 spiro atoms. The molecule has 0 saturated carbocycles. The van der Waals surface area contributed by atoms with Gasteiger partial charge in [-0.25, -0.2) is 13.4 Å². The van der Waals surface area contributed by atoms with Gasteiger partial charge in [-0.3, -0.25) is 0 Å². The van der Waals surface area contributed by atoms with Crippen LogP contribution in [0, 0.1) is 6.92 Å². The number of thiazole rings is 1. The molecule has 0 aliphatic heterocycles. The van der Waals surface area contributed by atoms with Crippen molar-refractivity contribution < 1.29 is 8.42 Å². The van der Waals surface area contributed by atoms with Crippen molar-refractivity contribution in [3.63, 3.8) is 0 Å². The molecule has 0 fully saturated rings. The normalized spacial score (nSPS) is 11.7. The van der Waals surface area contributed by atoms with Gasteiger partial charge in [-0.05, 0) is 45.9 Å². The van der Waals surface area contributed by atoms with E-state index < -0.39 is 9.46 Å². The summed E-state index contributed by atoms with van der Waals surface area (Å²) in [5.41, 5.74) is 1.88. The zero-order valence-electron chi connectivity index (χ0n) is 10.9. The molecule has 1 aromatic carbocycles. The Morgan fingerprint density at radius 1 is 1.37 bits per heavy atom. The van der Waals surface area contributed by atoms with E-state index in [0.717, 1.165) is 34.0 Å². The van der Waals surface area contributed by atoms with Crippen molar-refractivity contribution in [2.75, 3.05) is 0 Å². The highest BCUT2D eigenvalue weighted by Crippen LogP contribution is 2.32. The summed E-state index contributed by atoms with van der Waals surface area (Å²) < 4.78 is 23.1. The predicted octanol–water partition coefficient (Wildman–Crippen LogP) is 3.63. The van der Waals surface area contributed by atoms with Crippen LogP contribution in [0.25, 0.3) is 10.4 Å². The highest BCUT2D eigenvalue weighted by molar-refractivity contribution is 8.37. The van der Waals surface area contributed by atoms with E-state index in [4.69, 9.17) is 0 Å². The van der Waals surface area contributed by atoms with Gasteiger partial charge < -0.3 is 0 Å². The second-order valence-corrected chi connectivity index (χ2v) is 8.85. The molecule has 2 rings (SSSR count). The summed E-state index contributed by atoms with van der Waals surface area (Å²) in [6, 6.07) is 7.01. The highest BCUT2D eigenvalue weighted by atomic mass is 32.7. The number of nitrogens with zero attached hydrogens (tertiary/aromatic N) is 1. The zero-order valence-corrected chi connectivity index (χ0v) is 13.7. The average Bonchev–Trinajstić information content (AvgIpc) is 2.70. The van der Waals surface area contributed by atoms with Gasteiger partial charge in [-0.2, -0.15) is 0 Å². The Morgan fingerprint density at radius 2 is 2.11 bits per heavy atom. The third-order valence-electron chi connectivity index (χ3n) is 2.73. The lowest BCUT2D eigenvalue weighted by atomic mass is 10.2. The van der Waals surface area contributed by atoms with Gasteiger partial charge in [0.1, 0.15) is 0 Å². The Kier molecular flexibility index (Phi) is 4.39. The van der Waals surface area contributed by atoms with E-state index in [2.05, 4.69) is 11.9 Å². The number of hydrogen-bond acceptors (Lipinski definition) is 4. The van der Waals surface area contributed by atoms with E-state index in [0.29, 0.717) is 4.90 Å². The van der Waals surface area contributed by atoms with Crippen molar-refractivity contribution in [1.82, 2.24) is 4.98 Å². The first kappa shape index (κ1) is 14.6. The molecular weight excluding hydrogens is 297 g/mol. The van der Waals surface area contributed by atoms with Crippen molar-refractivity contribution >= 4 is 29.2 Å². The number of benzene rings is 1. The van der Waals surface area contributed by atoms with Crippen LogP contribution in [0.1, 0.15) is 24.0 Å². The summed E-state index contributed by atoms with van der Waals surface area (Å²) >= 11 is 1.64. The van der Waals surface area contributed by atoms with E-state index in [1.165, 1.54) is 0 Å².